The molecule has 114 valence electrons. The lowest BCUT2D eigenvalue weighted by Crippen LogP contribution is -2.39. The van der Waals surface area contributed by atoms with E-state index in [1.165, 1.54) is 11.9 Å². The monoisotopic (exact) mass is 290 g/mol. The summed E-state index contributed by atoms with van der Waals surface area (Å²) in [4.78, 5) is 18.6. The van der Waals surface area contributed by atoms with Crippen LogP contribution in [0.15, 0.2) is 17.2 Å². The van der Waals surface area contributed by atoms with Crippen LogP contribution in [0.3, 0.4) is 0 Å². The molecule has 0 spiro atoms. The third-order valence-corrected chi connectivity index (χ3v) is 4.20. The Morgan fingerprint density at radius 2 is 2.14 bits per heavy atom. The van der Waals surface area contributed by atoms with Crippen molar-refractivity contribution in [2.75, 3.05) is 13.2 Å². The maximum absolute atomic E-state index is 11.7. The number of hydrogen-bond donors (Lipinski definition) is 1. The molecule has 0 atom stereocenters. The molecule has 3 rings (SSSR count). The zero-order valence-electron chi connectivity index (χ0n) is 12.6. The van der Waals surface area contributed by atoms with Crippen molar-refractivity contribution < 1.29 is 9.47 Å². The fourth-order valence-corrected chi connectivity index (χ4v) is 2.91. The number of aromatic amines is 1. The molecule has 2 heterocycles. The average Bonchev–Trinajstić information content (AvgIpc) is 2.86. The van der Waals surface area contributed by atoms with E-state index in [4.69, 9.17) is 9.47 Å². The van der Waals surface area contributed by atoms with Gasteiger partial charge in [0.15, 0.2) is 5.79 Å². The molecule has 0 aromatic carbocycles. The quantitative estimate of drug-likeness (QED) is 0.924. The van der Waals surface area contributed by atoms with Gasteiger partial charge in [0.25, 0.3) is 5.56 Å². The number of ether oxygens (including phenoxy) is 2. The molecule has 1 aromatic rings. The molecule has 1 saturated heterocycles. The van der Waals surface area contributed by atoms with E-state index in [9.17, 15) is 4.79 Å². The van der Waals surface area contributed by atoms with Crippen LogP contribution in [0.25, 0.3) is 5.57 Å². The van der Waals surface area contributed by atoms with Gasteiger partial charge >= 0.3 is 0 Å². The first-order valence-electron chi connectivity index (χ1n) is 7.59. The normalized spacial score (nSPS) is 21.1. The number of aromatic nitrogens is 2. The summed E-state index contributed by atoms with van der Waals surface area (Å²) in [7, 11) is 0. The maximum Gasteiger partial charge on any atom is 0.254 e. The van der Waals surface area contributed by atoms with Crippen LogP contribution in [0.1, 0.15) is 44.4 Å². The molecule has 1 aromatic heterocycles. The Morgan fingerprint density at radius 1 is 1.38 bits per heavy atom. The van der Waals surface area contributed by atoms with Gasteiger partial charge in [0.05, 0.1) is 25.2 Å². The van der Waals surface area contributed by atoms with Gasteiger partial charge in [-0.15, -0.1) is 0 Å². The molecule has 2 aliphatic rings. The Kier molecular flexibility index (Phi) is 3.95. The Hall–Kier alpha value is -1.46. The van der Waals surface area contributed by atoms with E-state index >= 15 is 0 Å². The average molecular weight is 290 g/mol. The second kappa shape index (κ2) is 5.73. The van der Waals surface area contributed by atoms with Crippen LogP contribution >= 0.6 is 0 Å². The van der Waals surface area contributed by atoms with Crippen molar-refractivity contribution in [1.82, 2.24) is 9.97 Å². The molecule has 0 bridgehead atoms. The van der Waals surface area contributed by atoms with E-state index in [1.807, 2.05) is 13.8 Å². The summed E-state index contributed by atoms with van der Waals surface area (Å²) in [6, 6.07) is 0. The lowest BCUT2D eigenvalue weighted by Gasteiger charge is -2.35. The SMILES string of the molecule is CC1(C)OCC(CCCC2=CCc3c2nc[nH]c3=O)CO1. The van der Waals surface area contributed by atoms with Crippen LogP contribution in [-0.4, -0.2) is 29.0 Å². The lowest BCUT2D eigenvalue weighted by molar-refractivity contribution is -0.262. The van der Waals surface area contributed by atoms with Crippen molar-refractivity contribution in [3.63, 3.8) is 0 Å². The number of rotatable bonds is 4. The van der Waals surface area contributed by atoms with Gasteiger partial charge in [0.2, 0.25) is 0 Å². The highest BCUT2D eigenvalue weighted by Crippen LogP contribution is 2.29. The molecule has 0 radical (unpaired) electrons. The minimum absolute atomic E-state index is 0.0115. The van der Waals surface area contributed by atoms with E-state index in [0.29, 0.717) is 12.3 Å². The second-order valence-electron chi connectivity index (χ2n) is 6.27. The predicted molar refractivity (Wildman–Crippen MR) is 79.9 cm³/mol. The van der Waals surface area contributed by atoms with E-state index in [2.05, 4.69) is 16.0 Å². The number of hydrogen-bond acceptors (Lipinski definition) is 4. The molecule has 21 heavy (non-hydrogen) atoms. The first kappa shape index (κ1) is 14.5. The van der Waals surface area contributed by atoms with Crippen molar-refractivity contribution in [2.45, 2.75) is 45.3 Å². The van der Waals surface area contributed by atoms with Gasteiger partial charge in [0, 0.05) is 11.5 Å². The lowest BCUT2D eigenvalue weighted by atomic mass is 9.99. The molecule has 0 saturated carbocycles. The smallest absolute Gasteiger partial charge is 0.254 e. The minimum Gasteiger partial charge on any atom is -0.350 e. The first-order valence-corrected chi connectivity index (χ1v) is 7.59. The zero-order chi connectivity index (χ0) is 14.9. The molecule has 0 unspecified atom stereocenters. The molecule has 5 heteroatoms. The van der Waals surface area contributed by atoms with Crippen LogP contribution in [0.5, 0.6) is 0 Å². The molecule has 1 aliphatic heterocycles. The van der Waals surface area contributed by atoms with Crippen molar-refractivity contribution in [3.05, 3.63) is 34.0 Å². The van der Waals surface area contributed by atoms with E-state index in [1.54, 1.807) is 0 Å². The highest BCUT2D eigenvalue weighted by atomic mass is 16.7. The second-order valence-corrected chi connectivity index (χ2v) is 6.27. The van der Waals surface area contributed by atoms with Crippen LogP contribution in [-0.2, 0) is 15.9 Å². The molecule has 5 nitrogen and oxygen atoms in total. The largest absolute Gasteiger partial charge is 0.350 e. The van der Waals surface area contributed by atoms with Gasteiger partial charge in [-0.25, -0.2) is 4.98 Å². The van der Waals surface area contributed by atoms with Gasteiger partial charge in [-0.2, -0.15) is 0 Å². The predicted octanol–water partition coefficient (Wildman–Crippen LogP) is 2.28. The van der Waals surface area contributed by atoms with Crippen molar-refractivity contribution >= 4 is 5.57 Å². The van der Waals surface area contributed by atoms with Gasteiger partial charge in [-0.05, 0) is 45.1 Å². The zero-order valence-corrected chi connectivity index (χ0v) is 12.6. The summed E-state index contributed by atoms with van der Waals surface area (Å²) in [5.41, 5.74) is 2.88. The first-order chi connectivity index (χ1) is 10.1. The number of fused-ring (bicyclic) bond motifs is 1. The summed E-state index contributed by atoms with van der Waals surface area (Å²) >= 11 is 0. The highest BCUT2D eigenvalue weighted by Gasteiger charge is 2.28. The molecule has 1 fully saturated rings. The molecule has 1 aliphatic carbocycles. The summed E-state index contributed by atoms with van der Waals surface area (Å²) in [5.74, 6) is 0.0283. The Balaban J connectivity index is 1.50. The van der Waals surface area contributed by atoms with E-state index < -0.39 is 5.79 Å². The maximum atomic E-state index is 11.7. The van der Waals surface area contributed by atoms with Crippen molar-refractivity contribution in [3.8, 4) is 0 Å². The third-order valence-electron chi connectivity index (χ3n) is 4.20. The summed E-state index contributed by atoms with van der Waals surface area (Å²) in [6.45, 7) is 5.43. The molecule has 0 amide bonds. The standard InChI is InChI=1S/C16H22N2O3/c1-16(2)20-8-11(9-21-16)4-3-5-12-6-7-13-14(12)17-10-18-15(13)19/h6,10-11H,3-5,7-9H2,1-2H3,(H,17,18,19). The number of allylic oxidation sites excluding steroid dienone is 2. The molecular formula is C16H22N2O3. The summed E-state index contributed by atoms with van der Waals surface area (Å²) < 4.78 is 11.4. The van der Waals surface area contributed by atoms with E-state index in [0.717, 1.165) is 43.7 Å². The van der Waals surface area contributed by atoms with E-state index in [-0.39, 0.29) is 5.56 Å². The highest BCUT2D eigenvalue weighted by molar-refractivity contribution is 5.69. The van der Waals surface area contributed by atoms with Crippen LogP contribution in [0, 0.1) is 5.92 Å². The Bertz CT molecular complexity index is 594. The van der Waals surface area contributed by atoms with Crippen LogP contribution in [0.4, 0.5) is 0 Å². The van der Waals surface area contributed by atoms with Crippen LogP contribution < -0.4 is 5.56 Å². The Labute approximate surface area is 124 Å². The third kappa shape index (κ3) is 3.24. The van der Waals surface area contributed by atoms with Crippen molar-refractivity contribution in [2.24, 2.45) is 5.92 Å². The Morgan fingerprint density at radius 3 is 2.90 bits per heavy atom. The van der Waals surface area contributed by atoms with Gasteiger partial charge in [0.1, 0.15) is 0 Å². The molecular weight excluding hydrogens is 268 g/mol. The van der Waals surface area contributed by atoms with Crippen molar-refractivity contribution in [1.29, 1.82) is 0 Å². The van der Waals surface area contributed by atoms with Gasteiger partial charge < -0.3 is 14.5 Å². The number of nitrogens with zero attached hydrogens (tertiary/aromatic N) is 1. The number of nitrogens with one attached hydrogen (secondary N) is 1. The fraction of sp³-hybridized carbons (Fsp3) is 0.625. The van der Waals surface area contributed by atoms with Gasteiger partial charge in [-0.3, -0.25) is 4.79 Å². The van der Waals surface area contributed by atoms with Gasteiger partial charge in [-0.1, -0.05) is 6.08 Å². The minimum atomic E-state index is -0.436. The fourth-order valence-electron chi connectivity index (χ4n) is 2.91. The number of H-pyrrole nitrogens is 1. The summed E-state index contributed by atoms with van der Waals surface area (Å²) in [6.07, 6.45) is 7.43. The summed E-state index contributed by atoms with van der Waals surface area (Å²) in [5, 5.41) is 0. The molecule has 1 N–H and O–H groups in total. The van der Waals surface area contributed by atoms with Crippen LogP contribution in [0.2, 0.25) is 0 Å². The topological polar surface area (TPSA) is 64.2 Å².